The van der Waals surface area contributed by atoms with Crippen LogP contribution in [0.2, 0.25) is 0 Å². The molecule has 3 rings (SSSR count). The van der Waals surface area contributed by atoms with Gasteiger partial charge in [-0.2, -0.15) is 0 Å². The molecule has 0 saturated heterocycles. The van der Waals surface area contributed by atoms with Crippen LogP contribution in [0.1, 0.15) is 27.3 Å². The molecule has 0 fully saturated rings. The maximum absolute atomic E-state index is 10.6. The maximum atomic E-state index is 10.6. The van der Waals surface area contributed by atoms with E-state index in [2.05, 4.69) is 11.4 Å². The molecule has 1 aromatic carbocycles. The van der Waals surface area contributed by atoms with Crippen LogP contribution in [0, 0.1) is 10.1 Å². The molecular weight excluding hydrogens is 272 g/mol. The molecular formula is C15H16N2O2S. The Bertz CT molecular complexity index is 598. The third kappa shape index (κ3) is 2.89. The number of hydrogen-bond acceptors (Lipinski definition) is 4. The first-order valence-electron chi connectivity index (χ1n) is 6.77. The van der Waals surface area contributed by atoms with Crippen LogP contribution in [0.15, 0.2) is 30.3 Å². The molecule has 0 saturated carbocycles. The van der Waals surface area contributed by atoms with Crippen molar-refractivity contribution < 1.29 is 4.92 Å². The number of nitro groups is 1. The Morgan fingerprint density at radius 2 is 2.00 bits per heavy atom. The largest absolute Gasteiger partial charge is 0.308 e. The van der Waals surface area contributed by atoms with Crippen LogP contribution in [0.25, 0.3) is 0 Å². The molecule has 1 aromatic heterocycles. The van der Waals surface area contributed by atoms with Gasteiger partial charge in [-0.15, -0.1) is 11.3 Å². The Morgan fingerprint density at radius 1 is 1.20 bits per heavy atom. The minimum atomic E-state index is -0.371. The van der Waals surface area contributed by atoms with Crippen LogP contribution in [0.5, 0.6) is 0 Å². The van der Waals surface area contributed by atoms with Crippen molar-refractivity contribution in [3.8, 4) is 0 Å². The summed E-state index contributed by atoms with van der Waals surface area (Å²) in [6.07, 6.45) is 3.77. The molecule has 0 radical (unpaired) electrons. The standard InChI is InChI=1S/C15H16N2O2S/c18-17(19)13-6-4-11(5-7-13)9-16-10-14-8-12-2-1-3-15(12)20-14/h4-8,16H,1-3,9-10H2. The molecule has 1 aliphatic carbocycles. The molecule has 1 aliphatic rings. The first-order valence-corrected chi connectivity index (χ1v) is 7.58. The second-order valence-corrected chi connectivity index (χ2v) is 6.26. The summed E-state index contributed by atoms with van der Waals surface area (Å²) in [4.78, 5) is 13.1. The second-order valence-electron chi connectivity index (χ2n) is 5.04. The molecule has 1 heterocycles. The lowest BCUT2D eigenvalue weighted by Crippen LogP contribution is -2.11. The first kappa shape index (κ1) is 13.3. The SMILES string of the molecule is O=[N+]([O-])c1ccc(CNCc2cc3c(s2)CCC3)cc1. The number of non-ortho nitro benzene ring substituents is 1. The molecule has 0 bridgehead atoms. The number of benzene rings is 1. The normalized spacial score (nSPS) is 13.4. The molecule has 4 nitrogen and oxygen atoms in total. The van der Waals surface area contributed by atoms with E-state index in [1.165, 1.54) is 29.7 Å². The highest BCUT2D eigenvalue weighted by Crippen LogP contribution is 2.30. The predicted octanol–water partition coefficient (Wildman–Crippen LogP) is 3.43. The minimum Gasteiger partial charge on any atom is -0.308 e. The molecule has 104 valence electrons. The van der Waals surface area contributed by atoms with Crippen molar-refractivity contribution in [3.05, 3.63) is 61.3 Å². The molecule has 0 amide bonds. The van der Waals surface area contributed by atoms with E-state index in [4.69, 9.17) is 0 Å². The van der Waals surface area contributed by atoms with Gasteiger partial charge >= 0.3 is 0 Å². The zero-order valence-corrected chi connectivity index (χ0v) is 11.9. The van der Waals surface area contributed by atoms with E-state index in [9.17, 15) is 10.1 Å². The van der Waals surface area contributed by atoms with Crippen molar-refractivity contribution in [3.63, 3.8) is 0 Å². The first-order chi connectivity index (χ1) is 9.72. The van der Waals surface area contributed by atoms with E-state index in [-0.39, 0.29) is 10.6 Å². The fraction of sp³-hybridized carbons (Fsp3) is 0.333. The van der Waals surface area contributed by atoms with Crippen LogP contribution < -0.4 is 5.32 Å². The number of aryl methyl sites for hydroxylation is 2. The van der Waals surface area contributed by atoms with Gasteiger partial charge in [0.25, 0.3) is 5.69 Å². The van der Waals surface area contributed by atoms with Gasteiger partial charge in [0.15, 0.2) is 0 Å². The number of hydrogen-bond donors (Lipinski definition) is 1. The minimum absolute atomic E-state index is 0.142. The summed E-state index contributed by atoms with van der Waals surface area (Å²) in [6, 6.07) is 9.03. The molecule has 0 unspecified atom stereocenters. The van der Waals surface area contributed by atoms with Crippen LogP contribution >= 0.6 is 11.3 Å². The zero-order valence-electron chi connectivity index (χ0n) is 11.1. The Kier molecular flexibility index (Phi) is 3.80. The average Bonchev–Trinajstić information content (AvgIpc) is 3.00. The lowest BCUT2D eigenvalue weighted by atomic mass is 10.2. The third-order valence-electron chi connectivity index (χ3n) is 3.57. The Labute approximate surface area is 121 Å². The van der Waals surface area contributed by atoms with Crippen molar-refractivity contribution in [2.24, 2.45) is 0 Å². The van der Waals surface area contributed by atoms with Crippen molar-refractivity contribution in [2.45, 2.75) is 32.4 Å². The monoisotopic (exact) mass is 288 g/mol. The van der Waals surface area contributed by atoms with E-state index in [0.717, 1.165) is 18.7 Å². The molecule has 1 N–H and O–H groups in total. The van der Waals surface area contributed by atoms with Gasteiger partial charge in [-0.25, -0.2) is 0 Å². The van der Waals surface area contributed by atoms with Crippen molar-refractivity contribution in [2.75, 3.05) is 0 Å². The summed E-state index contributed by atoms with van der Waals surface area (Å²) in [7, 11) is 0. The summed E-state index contributed by atoms with van der Waals surface area (Å²) in [5.41, 5.74) is 2.74. The number of rotatable bonds is 5. The topological polar surface area (TPSA) is 55.2 Å². The number of fused-ring (bicyclic) bond motifs is 1. The molecule has 0 atom stereocenters. The van der Waals surface area contributed by atoms with Gasteiger partial charge in [0.1, 0.15) is 0 Å². The highest BCUT2D eigenvalue weighted by Gasteiger charge is 2.14. The Hall–Kier alpha value is -1.72. The van der Waals surface area contributed by atoms with E-state index in [1.54, 1.807) is 29.1 Å². The summed E-state index contributed by atoms with van der Waals surface area (Å²) in [5.74, 6) is 0. The van der Waals surface area contributed by atoms with Crippen LogP contribution in [-0.2, 0) is 25.9 Å². The van der Waals surface area contributed by atoms with Gasteiger partial charge in [-0.3, -0.25) is 10.1 Å². The number of nitrogens with one attached hydrogen (secondary N) is 1. The molecule has 20 heavy (non-hydrogen) atoms. The Morgan fingerprint density at radius 3 is 2.70 bits per heavy atom. The average molecular weight is 288 g/mol. The fourth-order valence-corrected chi connectivity index (χ4v) is 3.77. The highest BCUT2D eigenvalue weighted by molar-refractivity contribution is 7.12. The molecule has 0 aliphatic heterocycles. The second kappa shape index (κ2) is 5.73. The van der Waals surface area contributed by atoms with E-state index < -0.39 is 0 Å². The van der Waals surface area contributed by atoms with Crippen LogP contribution in [-0.4, -0.2) is 4.92 Å². The number of nitrogens with zero attached hydrogens (tertiary/aromatic N) is 1. The summed E-state index contributed by atoms with van der Waals surface area (Å²) < 4.78 is 0. The molecule has 5 heteroatoms. The zero-order chi connectivity index (χ0) is 13.9. The quantitative estimate of drug-likeness (QED) is 0.677. The van der Waals surface area contributed by atoms with Gasteiger partial charge in [-0.05, 0) is 36.5 Å². The summed E-state index contributed by atoms with van der Waals surface area (Å²) in [5, 5.41) is 14.0. The lowest BCUT2D eigenvalue weighted by Gasteiger charge is -2.03. The summed E-state index contributed by atoms with van der Waals surface area (Å²) in [6.45, 7) is 1.61. The van der Waals surface area contributed by atoms with E-state index in [0.29, 0.717) is 0 Å². The van der Waals surface area contributed by atoms with E-state index >= 15 is 0 Å². The fourth-order valence-electron chi connectivity index (χ4n) is 2.54. The van der Waals surface area contributed by atoms with Gasteiger partial charge in [0, 0.05) is 35.0 Å². The lowest BCUT2D eigenvalue weighted by molar-refractivity contribution is -0.384. The van der Waals surface area contributed by atoms with E-state index in [1.807, 2.05) is 11.3 Å². The molecule has 0 spiro atoms. The van der Waals surface area contributed by atoms with Crippen molar-refractivity contribution in [1.29, 1.82) is 0 Å². The smallest absolute Gasteiger partial charge is 0.269 e. The third-order valence-corrected chi connectivity index (χ3v) is 4.81. The van der Waals surface area contributed by atoms with Crippen molar-refractivity contribution >= 4 is 17.0 Å². The van der Waals surface area contributed by atoms with Gasteiger partial charge < -0.3 is 5.32 Å². The predicted molar refractivity (Wildman–Crippen MR) is 80.0 cm³/mol. The highest BCUT2D eigenvalue weighted by atomic mass is 32.1. The summed E-state index contributed by atoms with van der Waals surface area (Å²) >= 11 is 1.91. The Balaban J connectivity index is 1.53. The number of thiophene rings is 1. The van der Waals surface area contributed by atoms with Gasteiger partial charge in [-0.1, -0.05) is 12.1 Å². The van der Waals surface area contributed by atoms with Crippen molar-refractivity contribution in [1.82, 2.24) is 5.32 Å². The van der Waals surface area contributed by atoms with Gasteiger partial charge in [0.05, 0.1) is 4.92 Å². The van der Waals surface area contributed by atoms with Gasteiger partial charge in [0.2, 0.25) is 0 Å². The van der Waals surface area contributed by atoms with Crippen LogP contribution in [0.3, 0.4) is 0 Å². The number of nitro benzene ring substituents is 1. The maximum Gasteiger partial charge on any atom is 0.269 e. The van der Waals surface area contributed by atoms with Crippen LogP contribution in [0.4, 0.5) is 5.69 Å². The molecule has 2 aromatic rings.